The number of fused-ring (bicyclic) bond motifs is 1. The Labute approximate surface area is 121 Å². The van der Waals surface area contributed by atoms with Crippen molar-refractivity contribution in [3.63, 3.8) is 0 Å². The van der Waals surface area contributed by atoms with Crippen LogP contribution < -0.4 is 10.1 Å². The van der Waals surface area contributed by atoms with E-state index in [0.29, 0.717) is 18.1 Å². The molecule has 0 bridgehead atoms. The van der Waals surface area contributed by atoms with E-state index in [9.17, 15) is 0 Å². The van der Waals surface area contributed by atoms with Gasteiger partial charge < -0.3 is 14.8 Å². The lowest BCUT2D eigenvalue weighted by Crippen LogP contribution is -2.44. The molecule has 1 saturated heterocycles. The van der Waals surface area contributed by atoms with Crippen LogP contribution in [0.5, 0.6) is 5.75 Å². The maximum Gasteiger partial charge on any atom is 0.123 e. The van der Waals surface area contributed by atoms with E-state index in [1.807, 2.05) is 6.07 Å². The predicted octanol–water partition coefficient (Wildman–Crippen LogP) is 2.78. The summed E-state index contributed by atoms with van der Waals surface area (Å²) in [4.78, 5) is 0. The highest BCUT2D eigenvalue weighted by Gasteiger charge is 2.27. The molecule has 1 N–H and O–H groups in total. The lowest BCUT2D eigenvalue weighted by atomic mass is 9.95. The topological polar surface area (TPSA) is 30.5 Å². The third-order valence-corrected chi connectivity index (χ3v) is 4.41. The monoisotopic (exact) mass is 275 g/mol. The van der Waals surface area contributed by atoms with Crippen molar-refractivity contribution in [1.29, 1.82) is 0 Å². The van der Waals surface area contributed by atoms with Crippen molar-refractivity contribution >= 4 is 0 Å². The normalized spacial score (nSPS) is 29.2. The smallest absolute Gasteiger partial charge is 0.123 e. The van der Waals surface area contributed by atoms with E-state index in [1.165, 1.54) is 5.56 Å². The van der Waals surface area contributed by atoms with Crippen molar-refractivity contribution in [3.8, 4) is 5.75 Å². The summed E-state index contributed by atoms with van der Waals surface area (Å²) in [6.45, 7) is 6.30. The minimum absolute atomic E-state index is 0.285. The first kappa shape index (κ1) is 13.9. The number of rotatable bonds is 4. The molecule has 0 aromatic heterocycles. The van der Waals surface area contributed by atoms with Crippen LogP contribution in [0.4, 0.5) is 0 Å². The standard InChI is InChI=1S/C17H25NO2/c1-12(2)17-10-14(7-8-19-17)18-11-15-9-13-5-3-4-6-16(13)20-15/h3-6,12,14-15,17-18H,7-11H2,1-2H3. The van der Waals surface area contributed by atoms with Crippen LogP contribution >= 0.6 is 0 Å². The van der Waals surface area contributed by atoms with Crippen LogP contribution in [0.25, 0.3) is 0 Å². The molecular formula is C17H25NO2. The van der Waals surface area contributed by atoms with Crippen LogP contribution in [0, 0.1) is 5.92 Å². The molecule has 1 aromatic rings. The van der Waals surface area contributed by atoms with Crippen LogP contribution in [-0.4, -0.2) is 31.4 Å². The van der Waals surface area contributed by atoms with Gasteiger partial charge >= 0.3 is 0 Å². The van der Waals surface area contributed by atoms with Gasteiger partial charge in [0.25, 0.3) is 0 Å². The molecule has 3 heteroatoms. The summed E-state index contributed by atoms with van der Waals surface area (Å²) in [5.41, 5.74) is 1.34. The van der Waals surface area contributed by atoms with Crippen molar-refractivity contribution in [2.24, 2.45) is 5.92 Å². The molecule has 3 atom stereocenters. The van der Waals surface area contributed by atoms with Crippen LogP contribution in [-0.2, 0) is 11.2 Å². The zero-order valence-corrected chi connectivity index (χ0v) is 12.5. The van der Waals surface area contributed by atoms with Crippen molar-refractivity contribution in [2.75, 3.05) is 13.2 Å². The molecule has 2 heterocycles. The van der Waals surface area contributed by atoms with Crippen molar-refractivity contribution < 1.29 is 9.47 Å². The van der Waals surface area contributed by atoms with Gasteiger partial charge in [-0.15, -0.1) is 0 Å². The van der Waals surface area contributed by atoms with Crippen LogP contribution in [0.3, 0.4) is 0 Å². The third kappa shape index (κ3) is 3.15. The maximum atomic E-state index is 5.98. The Morgan fingerprint density at radius 2 is 2.15 bits per heavy atom. The lowest BCUT2D eigenvalue weighted by Gasteiger charge is -2.33. The molecule has 3 nitrogen and oxygen atoms in total. The molecule has 1 fully saturated rings. The lowest BCUT2D eigenvalue weighted by molar-refractivity contribution is -0.0252. The average Bonchev–Trinajstić information content (AvgIpc) is 2.88. The Morgan fingerprint density at radius 3 is 2.95 bits per heavy atom. The van der Waals surface area contributed by atoms with Crippen LogP contribution in [0.15, 0.2) is 24.3 Å². The minimum atomic E-state index is 0.285. The van der Waals surface area contributed by atoms with E-state index in [-0.39, 0.29) is 6.10 Å². The van der Waals surface area contributed by atoms with E-state index < -0.39 is 0 Å². The van der Waals surface area contributed by atoms with Gasteiger partial charge in [0.1, 0.15) is 11.9 Å². The van der Waals surface area contributed by atoms with Gasteiger partial charge in [-0.2, -0.15) is 0 Å². The van der Waals surface area contributed by atoms with Gasteiger partial charge in [-0.1, -0.05) is 32.0 Å². The minimum Gasteiger partial charge on any atom is -0.488 e. The molecule has 0 amide bonds. The second-order valence-electron chi connectivity index (χ2n) is 6.33. The predicted molar refractivity (Wildman–Crippen MR) is 80.2 cm³/mol. The first-order chi connectivity index (χ1) is 9.72. The molecule has 3 rings (SSSR count). The Hall–Kier alpha value is -1.06. The van der Waals surface area contributed by atoms with E-state index in [0.717, 1.165) is 38.2 Å². The zero-order valence-electron chi connectivity index (χ0n) is 12.5. The molecular weight excluding hydrogens is 250 g/mol. The van der Waals surface area contributed by atoms with Gasteiger partial charge in [-0.25, -0.2) is 0 Å². The highest BCUT2D eigenvalue weighted by molar-refractivity contribution is 5.37. The van der Waals surface area contributed by atoms with Gasteiger partial charge in [0.15, 0.2) is 0 Å². The van der Waals surface area contributed by atoms with Crippen LogP contribution in [0.2, 0.25) is 0 Å². The van der Waals surface area contributed by atoms with Crippen molar-refractivity contribution in [2.45, 2.75) is 51.4 Å². The van der Waals surface area contributed by atoms with Crippen molar-refractivity contribution in [1.82, 2.24) is 5.32 Å². The van der Waals surface area contributed by atoms with E-state index >= 15 is 0 Å². The Balaban J connectivity index is 1.47. The SMILES string of the molecule is CC(C)C1CC(NCC2Cc3ccccc3O2)CCO1. The van der Waals surface area contributed by atoms with Gasteiger partial charge in [0.2, 0.25) is 0 Å². The fourth-order valence-corrected chi connectivity index (χ4v) is 3.14. The first-order valence-corrected chi connectivity index (χ1v) is 7.82. The fourth-order valence-electron chi connectivity index (χ4n) is 3.14. The molecule has 0 radical (unpaired) electrons. The first-order valence-electron chi connectivity index (χ1n) is 7.82. The zero-order chi connectivity index (χ0) is 13.9. The van der Waals surface area contributed by atoms with Gasteiger partial charge in [-0.3, -0.25) is 0 Å². The summed E-state index contributed by atoms with van der Waals surface area (Å²) in [7, 11) is 0. The quantitative estimate of drug-likeness (QED) is 0.916. The van der Waals surface area contributed by atoms with E-state index in [2.05, 4.69) is 37.4 Å². The molecule has 0 spiro atoms. The summed E-state index contributed by atoms with van der Waals surface area (Å²) in [5, 5.41) is 3.68. The molecule has 110 valence electrons. The van der Waals surface area contributed by atoms with Gasteiger partial charge in [0, 0.05) is 25.6 Å². The van der Waals surface area contributed by atoms with Crippen LogP contribution in [0.1, 0.15) is 32.3 Å². The second kappa shape index (κ2) is 6.15. The molecule has 0 saturated carbocycles. The van der Waals surface area contributed by atoms with E-state index in [1.54, 1.807) is 0 Å². The summed E-state index contributed by atoms with van der Waals surface area (Å²) in [5.74, 6) is 1.66. The van der Waals surface area contributed by atoms with E-state index in [4.69, 9.17) is 9.47 Å². The summed E-state index contributed by atoms with van der Waals surface area (Å²) in [6.07, 6.45) is 3.95. The van der Waals surface area contributed by atoms with Gasteiger partial charge in [-0.05, 0) is 30.4 Å². The van der Waals surface area contributed by atoms with Crippen molar-refractivity contribution in [3.05, 3.63) is 29.8 Å². The Morgan fingerprint density at radius 1 is 1.30 bits per heavy atom. The second-order valence-corrected chi connectivity index (χ2v) is 6.33. The average molecular weight is 275 g/mol. The number of ether oxygens (including phenoxy) is 2. The Kier molecular flexibility index (Phi) is 4.27. The molecule has 20 heavy (non-hydrogen) atoms. The highest BCUT2D eigenvalue weighted by Crippen LogP contribution is 2.28. The highest BCUT2D eigenvalue weighted by atomic mass is 16.5. The maximum absolute atomic E-state index is 5.98. The molecule has 1 aromatic carbocycles. The third-order valence-electron chi connectivity index (χ3n) is 4.41. The number of nitrogens with one attached hydrogen (secondary N) is 1. The Bertz CT molecular complexity index is 421. The molecule has 3 unspecified atom stereocenters. The molecule has 2 aliphatic rings. The van der Waals surface area contributed by atoms with Gasteiger partial charge in [0.05, 0.1) is 6.10 Å². The largest absolute Gasteiger partial charge is 0.488 e. The summed E-state index contributed by atoms with van der Waals surface area (Å²) >= 11 is 0. The number of hydrogen-bond acceptors (Lipinski definition) is 3. The number of para-hydroxylation sites is 1. The summed E-state index contributed by atoms with van der Waals surface area (Å²) < 4.78 is 11.8. The molecule has 0 aliphatic carbocycles. The number of hydrogen-bond donors (Lipinski definition) is 1. The molecule has 2 aliphatic heterocycles. The fraction of sp³-hybridized carbons (Fsp3) is 0.647. The summed E-state index contributed by atoms with van der Waals surface area (Å²) in [6, 6.07) is 8.93. The number of benzene rings is 1.